The zero-order chi connectivity index (χ0) is 29.7. The summed E-state index contributed by atoms with van der Waals surface area (Å²) in [7, 11) is 0. The van der Waals surface area contributed by atoms with E-state index in [0.717, 1.165) is 21.3 Å². The Labute approximate surface area is 250 Å². The predicted octanol–water partition coefficient (Wildman–Crippen LogP) is 7.18. The Kier molecular flexibility index (Phi) is 9.18. The second-order valence-electron chi connectivity index (χ2n) is 9.25. The number of carbonyl (C=O) groups excluding carboxylic acids is 1. The maximum Gasteiger partial charge on any atom is 0.283 e. The van der Waals surface area contributed by atoms with Crippen LogP contribution in [0.5, 0.6) is 0 Å². The fourth-order valence-electron chi connectivity index (χ4n) is 4.59. The summed E-state index contributed by atoms with van der Waals surface area (Å²) in [5, 5.41) is 29.8. The smallest absolute Gasteiger partial charge is 0.283 e. The molecule has 1 heterocycles. The van der Waals surface area contributed by atoms with Gasteiger partial charge in [0.2, 0.25) is 0 Å². The van der Waals surface area contributed by atoms with Gasteiger partial charge in [-0.05, 0) is 73.0 Å². The first-order valence-electron chi connectivity index (χ1n) is 12.6. The molecule has 1 aliphatic rings. The van der Waals surface area contributed by atoms with Crippen LogP contribution in [0.15, 0.2) is 75.8 Å². The molecule has 0 atom stereocenters. The third-order valence-corrected chi connectivity index (χ3v) is 7.50. The number of aliphatic imine (C=N–C) groups is 1. The highest BCUT2D eigenvalue weighted by Crippen LogP contribution is 2.36. The van der Waals surface area contributed by atoms with E-state index in [1.54, 1.807) is 31.2 Å². The molecule has 0 bridgehead atoms. The number of nitro benzene ring substituents is 1. The molecule has 206 valence electrons. The largest absolute Gasteiger partial charge is 0.369 e. The maximum absolute atomic E-state index is 13.9. The number of amidine groups is 1. The highest BCUT2D eigenvalue weighted by molar-refractivity contribution is 9.10. The molecule has 9 nitrogen and oxygen atoms in total. The number of nitriles is 2. The van der Waals surface area contributed by atoms with Gasteiger partial charge < -0.3 is 4.90 Å². The van der Waals surface area contributed by atoms with Crippen molar-refractivity contribution in [2.24, 2.45) is 4.99 Å². The summed E-state index contributed by atoms with van der Waals surface area (Å²) in [6.45, 7) is 4.72. The van der Waals surface area contributed by atoms with Crippen LogP contribution in [0.25, 0.3) is 5.57 Å². The molecule has 11 heteroatoms. The number of aryl methyl sites for hydroxylation is 1. The van der Waals surface area contributed by atoms with Crippen LogP contribution in [-0.2, 0) is 4.79 Å². The quantitative estimate of drug-likeness (QED) is 0.140. The number of nitrogens with zero attached hydrogens (tertiary/aromatic N) is 6. The third-order valence-electron chi connectivity index (χ3n) is 6.64. The molecule has 41 heavy (non-hydrogen) atoms. The van der Waals surface area contributed by atoms with Crippen molar-refractivity contribution in [1.29, 1.82) is 10.5 Å². The summed E-state index contributed by atoms with van der Waals surface area (Å²) in [5.74, 6) is -0.204. The second kappa shape index (κ2) is 12.8. The lowest BCUT2D eigenvalue weighted by atomic mass is 9.99. The number of halogens is 2. The molecule has 0 unspecified atom stereocenters. The Morgan fingerprint density at radius 2 is 1.73 bits per heavy atom. The monoisotopic (exact) mass is 630 g/mol. The minimum absolute atomic E-state index is 0.173. The second-order valence-corrected chi connectivity index (χ2v) is 10.6. The van der Waals surface area contributed by atoms with Crippen molar-refractivity contribution in [1.82, 2.24) is 0 Å². The first-order valence-corrected chi connectivity index (χ1v) is 13.8. The van der Waals surface area contributed by atoms with Crippen molar-refractivity contribution >= 4 is 61.9 Å². The van der Waals surface area contributed by atoms with E-state index in [-0.39, 0.29) is 27.8 Å². The highest BCUT2D eigenvalue weighted by atomic mass is 79.9. The van der Waals surface area contributed by atoms with Gasteiger partial charge in [0.25, 0.3) is 11.6 Å². The zero-order valence-corrected chi connectivity index (χ0v) is 24.6. The molecular formula is C30H24BrClN6O3. The van der Waals surface area contributed by atoms with Crippen molar-refractivity contribution in [3.63, 3.8) is 0 Å². The van der Waals surface area contributed by atoms with Crippen LogP contribution in [0.4, 0.5) is 17.1 Å². The summed E-state index contributed by atoms with van der Waals surface area (Å²) in [5.41, 5.74) is 3.97. The number of allylic oxidation sites excluding steroid dienone is 1. The van der Waals surface area contributed by atoms with Gasteiger partial charge in [-0.15, -0.1) is 0 Å². The van der Waals surface area contributed by atoms with E-state index in [1.807, 2.05) is 30.0 Å². The van der Waals surface area contributed by atoms with Gasteiger partial charge in [0, 0.05) is 40.9 Å². The Balaban J connectivity index is 1.83. The molecule has 0 radical (unpaired) electrons. The number of carbonyl (C=O) groups is 1. The normalized spacial score (nSPS) is 13.9. The predicted molar refractivity (Wildman–Crippen MR) is 163 cm³/mol. The minimum Gasteiger partial charge on any atom is -0.369 e. The number of anilines is 2. The first-order chi connectivity index (χ1) is 19.7. The molecule has 0 aliphatic carbocycles. The molecule has 0 aromatic heterocycles. The lowest BCUT2D eigenvalue weighted by molar-refractivity contribution is -0.384. The van der Waals surface area contributed by atoms with E-state index in [1.165, 1.54) is 23.1 Å². The highest BCUT2D eigenvalue weighted by Gasteiger charge is 2.35. The van der Waals surface area contributed by atoms with Gasteiger partial charge in [0.1, 0.15) is 11.5 Å². The topological polar surface area (TPSA) is 127 Å². The molecular weight excluding hydrogens is 608 g/mol. The van der Waals surface area contributed by atoms with Crippen LogP contribution < -0.4 is 9.80 Å². The number of rotatable bonds is 9. The summed E-state index contributed by atoms with van der Waals surface area (Å²) >= 11 is 9.89. The molecule has 0 saturated heterocycles. The number of nitro groups is 1. The fraction of sp³-hybridized carbons (Fsp3) is 0.200. The number of hydrogen-bond acceptors (Lipinski definition) is 7. The number of hydrogen-bond donors (Lipinski definition) is 0. The van der Waals surface area contributed by atoms with Crippen LogP contribution in [0.3, 0.4) is 0 Å². The fourth-order valence-corrected chi connectivity index (χ4v) is 5.06. The molecule has 0 saturated carbocycles. The van der Waals surface area contributed by atoms with E-state index in [9.17, 15) is 14.9 Å². The SMILES string of the molecule is CC(=C1N=C(c2cc([N+](=O)[O-])ccc2Cl)N(c2ccc(Br)cc2)C1=O)c1ccc(N(CCC#N)CCC#N)cc1C. The van der Waals surface area contributed by atoms with E-state index in [4.69, 9.17) is 27.1 Å². The van der Waals surface area contributed by atoms with Crippen LogP contribution >= 0.6 is 27.5 Å². The Morgan fingerprint density at radius 3 is 2.32 bits per heavy atom. The summed E-state index contributed by atoms with van der Waals surface area (Å²) in [6.07, 6.45) is 0.654. The van der Waals surface area contributed by atoms with Crippen molar-refractivity contribution in [3.8, 4) is 12.1 Å². The van der Waals surface area contributed by atoms with Crippen LogP contribution in [0.1, 0.15) is 36.5 Å². The molecule has 0 spiro atoms. The molecule has 4 rings (SSSR count). The van der Waals surface area contributed by atoms with Gasteiger partial charge in [-0.3, -0.25) is 19.8 Å². The van der Waals surface area contributed by atoms with Crippen molar-refractivity contribution < 1.29 is 9.72 Å². The minimum atomic E-state index is -0.523. The maximum atomic E-state index is 13.9. The van der Waals surface area contributed by atoms with Gasteiger partial charge in [0.15, 0.2) is 0 Å². The lowest BCUT2D eigenvalue weighted by Gasteiger charge is -2.24. The molecule has 1 aliphatic heterocycles. The third kappa shape index (κ3) is 6.30. The molecule has 0 N–H and O–H groups in total. The van der Waals surface area contributed by atoms with Gasteiger partial charge >= 0.3 is 0 Å². The molecule has 0 fully saturated rings. The van der Waals surface area contributed by atoms with Crippen molar-refractivity contribution in [2.45, 2.75) is 26.7 Å². The van der Waals surface area contributed by atoms with Crippen LogP contribution in [0.2, 0.25) is 5.02 Å². The van der Waals surface area contributed by atoms with Gasteiger partial charge in [0.05, 0.1) is 40.6 Å². The standard InChI is InChI=1S/C30H24BrClN6O3/c1-19-17-23(36(15-3-13-33)16-4-14-34)9-11-25(19)20(2)28-30(39)37(22-7-5-21(31)6-8-22)29(35-28)26-18-24(38(40)41)10-12-27(26)32/h5-12,17-18H,3-4,15-16H2,1-2H3. The first kappa shape index (κ1) is 29.5. The van der Waals surface area contributed by atoms with Gasteiger partial charge in [-0.1, -0.05) is 33.6 Å². The van der Waals surface area contributed by atoms with Crippen LogP contribution in [0, 0.1) is 39.7 Å². The number of benzene rings is 3. The average Bonchev–Trinajstić information content (AvgIpc) is 3.29. The van der Waals surface area contributed by atoms with Crippen molar-refractivity contribution in [3.05, 3.63) is 103 Å². The summed E-state index contributed by atoms with van der Waals surface area (Å²) in [6, 6.07) is 21.2. The van der Waals surface area contributed by atoms with E-state index >= 15 is 0 Å². The lowest BCUT2D eigenvalue weighted by Crippen LogP contribution is -2.33. The Hall–Kier alpha value is -4.51. The Morgan fingerprint density at radius 1 is 1.07 bits per heavy atom. The zero-order valence-electron chi connectivity index (χ0n) is 22.3. The molecule has 3 aromatic carbocycles. The van der Waals surface area contributed by atoms with E-state index < -0.39 is 10.8 Å². The van der Waals surface area contributed by atoms with Gasteiger partial charge in [-0.25, -0.2) is 4.99 Å². The van der Waals surface area contributed by atoms with Crippen molar-refractivity contribution in [2.75, 3.05) is 22.9 Å². The number of amides is 1. The van der Waals surface area contributed by atoms with E-state index in [2.05, 4.69) is 28.1 Å². The average molecular weight is 632 g/mol. The Bertz CT molecular complexity index is 1650. The van der Waals surface area contributed by atoms with Crippen LogP contribution in [-0.4, -0.2) is 29.8 Å². The summed E-state index contributed by atoms with van der Waals surface area (Å²) < 4.78 is 0.820. The van der Waals surface area contributed by atoms with Gasteiger partial charge in [-0.2, -0.15) is 10.5 Å². The molecule has 1 amide bonds. The van der Waals surface area contributed by atoms with E-state index in [0.29, 0.717) is 37.2 Å². The molecule has 3 aromatic rings. The summed E-state index contributed by atoms with van der Waals surface area (Å²) in [4.78, 5) is 33.0. The number of non-ortho nitro benzene ring substituents is 1.